The van der Waals surface area contributed by atoms with Gasteiger partial charge in [0.05, 0.1) is 21.1 Å². The normalized spacial score (nSPS) is 18.2. The van der Waals surface area contributed by atoms with Crippen LogP contribution in [0.4, 0.5) is 11.4 Å². The van der Waals surface area contributed by atoms with E-state index in [-0.39, 0.29) is 47.1 Å². The van der Waals surface area contributed by atoms with Gasteiger partial charge in [-0.1, -0.05) is 201 Å². The maximum Gasteiger partial charge on any atom is 0.0714 e. The lowest BCUT2D eigenvalue weighted by atomic mass is 9.67. The zero-order chi connectivity index (χ0) is 50.8. The second kappa shape index (κ2) is 18.9. The molecule has 1 nitrogen and oxygen atoms in total. The van der Waals surface area contributed by atoms with E-state index in [9.17, 15) is 11.0 Å². The molecule has 2 atom stereocenters. The summed E-state index contributed by atoms with van der Waals surface area (Å²) in [6.07, 6.45) is 10.3. The number of hydrogen-bond acceptors (Lipinski definition) is 1. The fourth-order valence-electron chi connectivity index (χ4n) is 9.30. The van der Waals surface area contributed by atoms with Gasteiger partial charge in [0, 0.05) is 12.7 Å². The third kappa shape index (κ3) is 7.91. The number of nitrogens with zero attached hydrogens (tertiary/aromatic N) is 1. The van der Waals surface area contributed by atoms with Gasteiger partial charge in [0.25, 0.3) is 0 Å². The number of hydrogen-bond donors (Lipinski definition) is 0. The molecule has 0 amide bonds. The molecular weight excluding hydrogens is 771 g/mol. The molecule has 1 heteroatoms. The van der Waals surface area contributed by atoms with Crippen molar-refractivity contribution in [3.05, 3.63) is 289 Å². The molecule has 2 aliphatic carbocycles. The predicted octanol–water partition coefficient (Wildman–Crippen LogP) is 16.3. The standard InChI is InChI=1S/C63H55N/c1-5-9-21-47-31-32-53(44-51(47)22-10-6-2)49-35-39-57(40-36-49)64(56-37-33-48(34-38-56)52-24-19-23-50(43-52)46(8-4)20-7-3)58-41-42-60-59-29-17-18-30-61(59)63(62(60)45-58,54-25-13-11-14-26-54)55-27-15-12-16-28-55/h5-8,11-20,23-39,41-45,57H,1-4,9-10,21-22,40H2/b46-20+/i33D,34D,35D,36D,37D,38D,39D,40D. The molecule has 0 aromatic heterocycles. The Kier molecular flexibility index (Phi) is 9.77. The van der Waals surface area contributed by atoms with E-state index >= 15 is 0 Å². The first-order valence-electron chi connectivity index (χ1n) is 26.0. The van der Waals surface area contributed by atoms with Gasteiger partial charge in [0.15, 0.2) is 0 Å². The Morgan fingerprint density at radius 1 is 0.625 bits per heavy atom. The van der Waals surface area contributed by atoms with Crippen LogP contribution in [0.2, 0.25) is 0 Å². The highest BCUT2D eigenvalue weighted by Crippen LogP contribution is 2.57. The summed E-state index contributed by atoms with van der Waals surface area (Å²) in [7, 11) is 0. The van der Waals surface area contributed by atoms with E-state index in [0.29, 0.717) is 23.2 Å². The van der Waals surface area contributed by atoms with Crippen LogP contribution in [0.15, 0.2) is 245 Å². The molecule has 7 aromatic rings. The van der Waals surface area contributed by atoms with E-state index in [2.05, 4.69) is 62.7 Å². The topological polar surface area (TPSA) is 3.24 Å². The molecule has 2 unspecified atom stereocenters. The van der Waals surface area contributed by atoms with Gasteiger partial charge in [-0.25, -0.2) is 0 Å². The Labute approximate surface area is 392 Å². The Balaban J connectivity index is 1.31. The Bertz CT molecular complexity index is 3320. The van der Waals surface area contributed by atoms with Crippen LogP contribution in [0.5, 0.6) is 0 Å². The summed E-state index contributed by atoms with van der Waals surface area (Å²) in [6.45, 7) is 15.6. The largest absolute Gasteiger partial charge is 0.334 e. The van der Waals surface area contributed by atoms with Gasteiger partial charge in [-0.3, -0.25) is 0 Å². The molecule has 0 saturated heterocycles. The quantitative estimate of drug-likeness (QED) is 0.0692. The van der Waals surface area contributed by atoms with Crippen molar-refractivity contribution in [2.75, 3.05) is 4.90 Å². The van der Waals surface area contributed by atoms with E-state index in [4.69, 9.17) is 0 Å². The van der Waals surface area contributed by atoms with Crippen LogP contribution in [-0.2, 0) is 18.3 Å². The Morgan fingerprint density at radius 3 is 2.02 bits per heavy atom. The fraction of sp³-hybridized carbons (Fsp3) is 0.111. The van der Waals surface area contributed by atoms with Crippen LogP contribution < -0.4 is 4.90 Å². The second-order valence-corrected chi connectivity index (χ2v) is 16.0. The van der Waals surface area contributed by atoms with Crippen molar-refractivity contribution in [1.82, 2.24) is 0 Å². The zero-order valence-electron chi connectivity index (χ0n) is 44.0. The number of anilines is 2. The summed E-state index contributed by atoms with van der Waals surface area (Å²) < 4.78 is 78.6. The van der Waals surface area contributed by atoms with Crippen molar-refractivity contribution in [1.29, 1.82) is 0 Å². The second-order valence-electron chi connectivity index (χ2n) is 16.0. The van der Waals surface area contributed by atoms with E-state index in [0.717, 1.165) is 74.9 Å². The molecule has 0 radical (unpaired) electrons. The van der Waals surface area contributed by atoms with Crippen molar-refractivity contribution >= 4 is 22.5 Å². The molecule has 0 heterocycles. The van der Waals surface area contributed by atoms with Gasteiger partial charge in [0.2, 0.25) is 0 Å². The van der Waals surface area contributed by atoms with Crippen molar-refractivity contribution in [2.45, 2.75) is 43.5 Å². The molecule has 0 aliphatic heterocycles. The molecule has 0 spiro atoms. The van der Waals surface area contributed by atoms with E-state index in [1.807, 2.05) is 103 Å². The van der Waals surface area contributed by atoms with Crippen LogP contribution in [-0.4, -0.2) is 6.04 Å². The van der Waals surface area contributed by atoms with Crippen LogP contribution in [0.3, 0.4) is 0 Å². The monoisotopic (exact) mass is 833 g/mol. The highest BCUT2D eigenvalue weighted by molar-refractivity contribution is 5.89. The fourth-order valence-corrected chi connectivity index (χ4v) is 9.30. The van der Waals surface area contributed by atoms with Crippen LogP contribution >= 0.6 is 0 Å². The lowest BCUT2D eigenvalue weighted by Gasteiger charge is -2.36. The van der Waals surface area contributed by atoms with Crippen LogP contribution in [0.25, 0.3) is 33.4 Å². The average molecular weight is 834 g/mol. The molecule has 7 aromatic carbocycles. The predicted molar refractivity (Wildman–Crippen MR) is 275 cm³/mol. The van der Waals surface area contributed by atoms with E-state index in [1.165, 1.54) is 4.90 Å². The van der Waals surface area contributed by atoms with Crippen molar-refractivity contribution in [3.63, 3.8) is 0 Å². The van der Waals surface area contributed by atoms with Crippen LogP contribution in [0.1, 0.15) is 74.7 Å². The summed E-state index contributed by atoms with van der Waals surface area (Å²) in [5.74, 6) is 0. The zero-order valence-corrected chi connectivity index (χ0v) is 36.0. The summed E-state index contributed by atoms with van der Waals surface area (Å²) in [5, 5.41) is 0. The molecule has 0 N–H and O–H groups in total. The van der Waals surface area contributed by atoms with Gasteiger partial charge < -0.3 is 4.90 Å². The maximum atomic E-state index is 10.0. The van der Waals surface area contributed by atoms with Gasteiger partial charge in [0.1, 0.15) is 0 Å². The maximum absolute atomic E-state index is 10.0. The van der Waals surface area contributed by atoms with Crippen molar-refractivity contribution in [2.24, 2.45) is 0 Å². The third-order valence-corrected chi connectivity index (χ3v) is 12.3. The molecular formula is C63H55N. The van der Waals surface area contributed by atoms with Crippen LogP contribution in [0, 0.1) is 0 Å². The minimum absolute atomic E-state index is 0.0789. The molecule has 0 saturated carbocycles. The molecule has 0 bridgehead atoms. The van der Waals surface area contributed by atoms with E-state index in [1.54, 1.807) is 36.4 Å². The highest BCUT2D eigenvalue weighted by Gasteiger charge is 2.46. The lowest BCUT2D eigenvalue weighted by Crippen LogP contribution is -2.31. The van der Waals surface area contributed by atoms with Gasteiger partial charge in [-0.2, -0.15) is 0 Å². The lowest BCUT2D eigenvalue weighted by molar-refractivity contribution is 0.761. The summed E-state index contributed by atoms with van der Waals surface area (Å²) >= 11 is 0. The molecule has 0 fully saturated rings. The van der Waals surface area contributed by atoms with Gasteiger partial charge in [-0.05, 0) is 140 Å². The van der Waals surface area contributed by atoms with E-state index < -0.39 is 29.9 Å². The minimum atomic E-state index is -1.51. The first-order chi connectivity index (χ1) is 34.9. The summed E-state index contributed by atoms with van der Waals surface area (Å²) in [6, 6.07) is 44.0. The van der Waals surface area contributed by atoms with Crippen molar-refractivity contribution < 1.29 is 11.0 Å². The smallest absolute Gasteiger partial charge is 0.0714 e. The summed E-state index contributed by atoms with van der Waals surface area (Å²) in [5.41, 5.74) is 10.2. The number of benzene rings is 7. The molecule has 9 rings (SSSR count). The van der Waals surface area contributed by atoms with Crippen molar-refractivity contribution in [3.8, 4) is 22.3 Å². The Hall–Kier alpha value is -7.48. The number of aryl methyl sites for hydroxylation is 2. The Morgan fingerprint density at radius 2 is 1.31 bits per heavy atom. The third-order valence-electron chi connectivity index (χ3n) is 12.3. The molecule has 2 aliphatic rings. The average Bonchev–Trinajstić information content (AvgIpc) is 3.71. The highest BCUT2D eigenvalue weighted by atomic mass is 15.2. The first-order valence-corrected chi connectivity index (χ1v) is 21.9. The summed E-state index contributed by atoms with van der Waals surface area (Å²) in [4.78, 5) is 1.53. The molecule has 312 valence electrons. The number of allylic oxidation sites excluding steroid dienone is 8. The van der Waals surface area contributed by atoms with Gasteiger partial charge >= 0.3 is 0 Å². The minimum Gasteiger partial charge on any atom is -0.334 e. The number of fused-ring (bicyclic) bond motifs is 3. The SMILES string of the molecule is [2H]C1=C([2H])C(N(c2ccc3c(c2)C(c2ccccc2)(c2ccccc2)c2ccccc2-3)c2c([2H])c([2H])c(-c3cccc(/C(C=C)=C/C=C)c3)c([2H])c2[2H])C([2H])C([2H])=C1c1ccc(CCC=C)c(CCC=C)c1. The van der Waals surface area contributed by atoms with Gasteiger partial charge in [-0.15, -0.1) is 13.2 Å². The first kappa shape index (κ1) is 33.1. The number of rotatable bonds is 16. The molecule has 64 heavy (non-hydrogen) atoms.